The fraction of sp³-hybridized carbons (Fsp3) is 0.0769. The highest BCUT2D eigenvalue weighted by molar-refractivity contribution is 6.22. The molecule has 0 saturated heterocycles. The molecule has 0 bridgehead atoms. The van der Waals surface area contributed by atoms with E-state index in [1.165, 1.54) is 12.1 Å². The topological polar surface area (TPSA) is 32.7 Å². The van der Waals surface area contributed by atoms with E-state index in [2.05, 4.69) is 4.99 Å². The molecule has 0 spiro atoms. The highest BCUT2D eigenvalue weighted by atomic mass is 19.4. The average Bonchev–Trinajstić information content (AvgIpc) is 2.38. The maximum atomic E-state index is 12.9. The molecule has 1 heterocycles. The molecule has 0 atom stereocenters. The van der Waals surface area contributed by atoms with Crippen molar-refractivity contribution in [2.45, 2.75) is 6.18 Å². The summed E-state index contributed by atoms with van der Waals surface area (Å²) in [6, 6.07) is 9.74. The van der Waals surface area contributed by atoms with Gasteiger partial charge in [-0.25, -0.2) is 4.99 Å². The van der Waals surface area contributed by atoms with E-state index >= 15 is 0 Å². The maximum Gasteiger partial charge on any atom is 0.450 e. The molecular formula is C13H7F3N2O. The van der Waals surface area contributed by atoms with E-state index < -0.39 is 12.0 Å². The molecule has 19 heavy (non-hydrogen) atoms. The second-order valence-corrected chi connectivity index (χ2v) is 4.06. The maximum absolute atomic E-state index is 12.9. The predicted octanol–water partition coefficient (Wildman–Crippen LogP) is 3.41. The van der Waals surface area contributed by atoms with Crippen LogP contribution >= 0.6 is 0 Å². The first-order valence-corrected chi connectivity index (χ1v) is 5.44. The summed E-state index contributed by atoms with van der Waals surface area (Å²) in [7, 11) is 0. The fourth-order valence-electron chi connectivity index (χ4n) is 2.18. The third-order valence-corrected chi connectivity index (χ3v) is 2.93. The number of amides is 1. The van der Waals surface area contributed by atoms with Gasteiger partial charge < -0.3 is 0 Å². The van der Waals surface area contributed by atoms with Crippen LogP contribution in [0.3, 0.4) is 0 Å². The van der Waals surface area contributed by atoms with Crippen molar-refractivity contribution in [1.82, 2.24) is 0 Å². The number of anilines is 1. The molecule has 96 valence electrons. The molecule has 0 aromatic heterocycles. The van der Waals surface area contributed by atoms with Crippen molar-refractivity contribution in [2.75, 3.05) is 4.90 Å². The lowest BCUT2D eigenvalue weighted by Gasteiger charge is -2.27. The number of carbonyl (C=O) groups is 1. The molecule has 6 heteroatoms. The van der Waals surface area contributed by atoms with Gasteiger partial charge in [-0.05, 0) is 17.5 Å². The second kappa shape index (κ2) is 3.81. The number of aliphatic imine (C=N–C) groups is 1. The van der Waals surface area contributed by atoms with Crippen LogP contribution in [0.15, 0.2) is 41.4 Å². The number of benzene rings is 2. The third-order valence-electron chi connectivity index (χ3n) is 2.93. The number of hydrogen-bond donors (Lipinski definition) is 0. The van der Waals surface area contributed by atoms with Gasteiger partial charge in [-0.2, -0.15) is 13.2 Å². The molecule has 0 saturated carbocycles. The van der Waals surface area contributed by atoms with Gasteiger partial charge in [0.25, 0.3) is 0 Å². The van der Waals surface area contributed by atoms with E-state index in [1.54, 1.807) is 24.3 Å². The molecule has 3 rings (SSSR count). The Bertz CT molecular complexity index is 701. The first kappa shape index (κ1) is 11.7. The zero-order chi connectivity index (χ0) is 13.6. The summed E-state index contributed by atoms with van der Waals surface area (Å²) in [5.74, 6) is -1.21. The van der Waals surface area contributed by atoms with Crippen molar-refractivity contribution < 1.29 is 18.0 Å². The zero-order valence-electron chi connectivity index (χ0n) is 9.48. The Hall–Kier alpha value is -2.37. The van der Waals surface area contributed by atoms with Crippen LogP contribution in [0.1, 0.15) is 0 Å². The number of halogens is 3. The Morgan fingerprint density at radius 2 is 1.79 bits per heavy atom. The van der Waals surface area contributed by atoms with Crippen LogP contribution in [0.5, 0.6) is 0 Å². The number of alkyl halides is 3. The van der Waals surface area contributed by atoms with Crippen LogP contribution in [0.2, 0.25) is 0 Å². The zero-order valence-corrected chi connectivity index (χ0v) is 9.48. The summed E-state index contributed by atoms with van der Waals surface area (Å²) in [6.07, 6.45) is -4.55. The molecule has 2 aromatic carbocycles. The van der Waals surface area contributed by atoms with E-state index in [0.29, 0.717) is 10.3 Å². The van der Waals surface area contributed by atoms with Crippen LogP contribution in [-0.4, -0.2) is 18.4 Å². The van der Waals surface area contributed by atoms with Crippen LogP contribution in [0, 0.1) is 0 Å². The predicted molar refractivity (Wildman–Crippen MR) is 65.6 cm³/mol. The number of carbonyl (C=O) groups excluding carboxylic acids is 1. The summed E-state index contributed by atoms with van der Waals surface area (Å²) in [5.41, 5.74) is 0.420. The molecule has 0 N–H and O–H groups in total. The van der Waals surface area contributed by atoms with Crippen LogP contribution in [-0.2, 0) is 4.79 Å². The molecule has 2 aromatic rings. The number of nitrogens with zero attached hydrogens (tertiary/aromatic N) is 2. The third kappa shape index (κ3) is 1.68. The lowest BCUT2D eigenvalue weighted by Crippen LogP contribution is -2.41. The van der Waals surface area contributed by atoms with Crippen LogP contribution in [0.25, 0.3) is 10.8 Å². The van der Waals surface area contributed by atoms with Gasteiger partial charge in [-0.3, -0.25) is 9.69 Å². The molecule has 3 nitrogen and oxygen atoms in total. The molecule has 0 aliphatic carbocycles. The van der Waals surface area contributed by atoms with Gasteiger partial charge in [0.05, 0.1) is 11.4 Å². The number of rotatable bonds is 1. The quantitative estimate of drug-likeness (QED) is 0.726. The summed E-state index contributed by atoms with van der Waals surface area (Å²) >= 11 is 0. The highest BCUT2D eigenvalue weighted by Crippen LogP contribution is 2.40. The van der Waals surface area contributed by atoms with Crippen molar-refractivity contribution in [2.24, 2.45) is 4.99 Å². The van der Waals surface area contributed by atoms with Crippen molar-refractivity contribution in [3.8, 4) is 0 Å². The van der Waals surface area contributed by atoms with Gasteiger partial charge in [0.1, 0.15) is 0 Å². The summed E-state index contributed by atoms with van der Waals surface area (Å²) in [6.45, 7) is 0. The Balaban J connectivity index is 2.38. The Morgan fingerprint density at radius 1 is 1.11 bits per heavy atom. The normalized spacial score (nSPS) is 14.5. The van der Waals surface area contributed by atoms with E-state index in [1.807, 2.05) is 0 Å². The Kier molecular flexibility index (Phi) is 2.35. The van der Waals surface area contributed by atoms with Gasteiger partial charge in [-0.15, -0.1) is 0 Å². The molecule has 0 unspecified atom stereocenters. The minimum Gasteiger partial charge on any atom is -0.278 e. The fourth-order valence-corrected chi connectivity index (χ4v) is 2.18. The van der Waals surface area contributed by atoms with Crippen molar-refractivity contribution in [3.63, 3.8) is 0 Å². The molecular weight excluding hydrogens is 257 g/mol. The standard InChI is InChI=1S/C13H7F3N2O/c14-13(15,16)12-17-9-5-1-3-8-4-2-6-10(11(8)9)18(12)7-19/h1-7H. The molecule has 1 aliphatic heterocycles. The van der Waals surface area contributed by atoms with Crippen LogP contribution < -0.4 is 4.90 Å². The molecule has 0 radical (unpaired) electrons. The summed E-state index contributed by atoms with van der Waals surface area (Å²) in [4.78, 5) is 15.1. The van der Waals surface area contributed by atoms with E-state index in [0.717, 1.165) is 5.39 Å². The van der Waals surface area contributed by atoms with Crippen molar-refractivity contribution in [3.05, 3.63) is 36.4 Å². The lowest BCUT2D eigenvalue weighted by atomic mass is 10.0. The van der Waals surface area contributed by atoms with Gasteiger partial charge in [-0.1, -0.05) is 24.3 Å². The minimum atomic E-state index is -4.68. The van der Waals surface area contributed by atoms with Crippen molar-refractivity contribution in [1.29, 1.82) is 0 Å². The van der Waals surface area contributed by atoms with E-state index in [4.69, 9.17) is 0 Å². The number of hydrogen-bond acceptors (Lipinski definition) is 2. The van der Waals surface area contributed by atoms with Gasteiger partial charge in [0.2, 0.25) is 12.2 Å². The highest BCUT2D eigenvalue weighted by Gasteiger charge is 2.42. The van der Waals surface area contributed by atoms with E-state index in [-0.39, 0.29) is 17.8 Å². The SMILES string of the molecule is O=CN1C(C(F)(F)F)=Nc2cccc3cccc1c23. The van der Waals surface area contributed by atoms with Crippen LogP contribution in [0.4, 0.5) is 24.5 Å². The lowest BCUT2D eigenvalue weighted by molar-refractivity contribution is -0.107. The van der Waals surface area contributed by atoms with Crippen molar-refractivity contribution >= 4 is 34.4 Å². The van der Waals surface area contributed by atoms with Gasteiger partial charge in [0, 0.05) is 5.39 Å². The Labute approximate surface area is 106 Å². The molecule has 1 amide bonds. The smallest absolute Gasteiger partial charge is 0.278 e. The Morgan fingerprint density at radius 3 is 2.42 bits per heavy atom. The van der Waals surface area contributed by atoms with Gasteiger partial charge in [0.15, 0.2) is 0 Å². The summed E-state index contributed by atoms with van der Waals surface area (Å²) < 4.78 is 38.8. The van der Waals surface area contributed by atoms with E-state index in [9.17, 15) is 18.0 Å². The largest absolute Gasteiger partial charge is 0.450 e. The average molecular weight is 264 g/mol. The second-order valence-electron chi connectivity index (χ2n) is 4.06. The van der Waals surface area contributed by atoms with Gasteiger partial charge >= 0.3 is 6.18 Å². The first-order valence-electron chi connectivity index (χ1n) is 5.44. The number of amidine groups is 1. The molecule has 0 fully saturated rings. The summed E-state index contributed by atoms with van der Waals surface area (Å²) in [5, 5.41) is 1.29. The monoisotopic (exact) mass is 264 g/mol. The minimum absolute atomic E-state index is 0.136. The first-order chi connectivity index (χ1) is 9.02. The molecule has 1 aliphatic rings.